The Morgan fingerprint density at radius 1 is 1.11 bits per heavy atom. The third kappa shape index (κ3) is 2.34. The highest BCUT2D eigenvalue weighted by atomic mass is 16.2. The van der Waals surface area contributed by atoms with Crippen molar-refractivity contribution in [2.45, 2.75) is 25.3 Å². The van der Waals surface area contributed by atoms with E-state index in [-0.39, 0.29) is 11.9 Å². The molecule has 0 radical (unpaired) electrons. The number of hydrogen-bond acceptors (Lipinski definition) is 4. The van der Waals surface area contributed by atoms with Crippen LogP contribution in [0.2, 0.25) is 0 Å². The number of carbonyl (C=O) groups is 2. The van der Waals surface area contributed by atoms with Crippen molar-refractivity contribution in [2.24, 2.45) is 5.92 Å². The zero-order chi connectivity index (χ0) is 14.4. The second kappa shape index (κ2) is 4.76. The molecule has 1 saturated carbocycles. The van der Waals surface area contributed by atoms with Gasteiger partial charge in [-0.25, -0.2) is 9.69 Å². The molecule has 6 nitrogen and oxygen atoms in total. The van der Waals surface area contributed by atoms with Crippen LogP contribution >= 0.6 is 0 Å². The Balaban J connectivity index is 2.28. The summed E-state index contributed by atoms with van der Waals surface area (Å²) in [7, 11) is 7.56. The average molecular weight is 268 g/mol. The van der Waals surface area contributed by atoms with Crippen LogP contribution in [0.1, 0.15) is 19.8 Å². The van der Waals surface area contributed by atoms with E-state index in [1.165, 1.54) is 4.90 Å². The zero-order valence-electron chi connectivity index (χ0n) is 12.5. The van der Waals surface area contributed by atoms with E-state index in [0.29, 0.717) is 19.3 Å². The van der Waals surface area contributed by atoms with Crippen molar-refractivity contribution in [1.29, 1.82) is 0 Å². The van der Waals surface area contributed by atoms with Crippen molar-refractivity contribution in [1.82, 2.24) is 19.6 Å². The Morgan fingerprint density at radius 3 is 2.05 bits per heavy atom. The summed E-state index contributed by atoms with van der Waals surface area (Å²) >= 11 is 0. The van der Waals surface area contributed by atoms with Crippen molar-refractivity contribution >= 4 is 11.9 Å². The van der Waals surface area contributed by atoms with E-state index in [1.807, 2.05) is 44.9 Å². The van der Waals surface area contributed by atoms with Crippen LogP contribution in [0, 0.1) is 5.92 Å². The van der Waals surface area contributed by atoms with Gasteiger partial charge in [0.25, 0.3) is 5.91 Å². The quantitative estimate of drug-likeness (QED) is 0.680. The van der Waals surface area contributed by atoms with Crippen molar-refractivity contribution in [2.75, 3.05) is 41.5 Å². The minimum atomic E-state index is -0.655. The SMILES string of the molecule is CN(C)CN1C(=O)N(CN(C)C)C(C)(C2CC2)C1=O. The number of rotatable bonds is 5. The molecule has 108 valence electrons. The lowest BCUT2D eigenvalue weighted by Gasteiger charge is -2.33. The molecule has 1 atom stereocenters. The highest BCUT2D eigenvalue weighted by molar-refractivity contribution is 6.07. The van der Waals surface area contributed by atoms with Crippen LogP contribution < -0.4 is 0 Å². The summed E-state index contributed by atoms with van der Waals surface area (Å²) in [5.74, 6) is 0.270. The van der Waals surface area contributed by atoms with Crippen molar-refractivity contribution < 1.29 is 9.59 Å². The summed E-state index contributed by atoms with van der Waals surface area (Å²) < 4.78 is 0. The van der Waals surface area contributed by atoms with Crippen LogP contribution in [0.4, 0.5) is 4.79 Å². The number of amides is 3. The van der Waals surface area contributed by atoms with Gasteiger partial charge in [-0.3, -0.25) is 19.5 Å². The second-order valence-corrected chi connectivity index (χ2v) is 6.31. The summed E-state index contributed by atoms with van der Waals surface area (Å²) in [5, 5.41) is 0. The third-order valence-electron chi connectivity index (χ3n) is 3.92. The predicted octanol–water partition coefficient (Wildman–Crippen LogP) is 0.458. The fourth-order valence-electron chi connectivity index (χ4n) is 2.76. The molecular formula is C13H24N4O2. The first-order valence-corrected chi connectivity index (χ1v) is 6.71. The van der Waals surface area contributed by atoms with Crippen LogP contribution in [0.5, 0.6) is 0 Å². The number of urea groups is 1. The van der Waals surface area contributed by atoms with Crippen molar-refractivity contribution in [3.05, 3.63) is 0 Å². The molecule has 0 aromatic heterocycles. The first-order valence-electron chi connectivity index (χ1n) is 6.71. The normalized spacial score (nSPS) is 28.2. The second-order valence-electron chi connectivity index (χ2n) is 6.31. The average Bonchev–Trinajstić information content (AvgIpc) is 3.11. The Hall–Kier alpha value is -1.14. The molecule has 0 aromatic rings. The molecule has 0 spiro atoms. The van der Waals surface area contributed by atoms with E-state index in [2.05, 4.69) is 0 Å². The van der Waals surface area contributed by atoms with E-state index in [0.717, 1.165) is 12.8 Å². The maximum absolute atomic E-state index is 12.7. The zero-order valence-corrected chi connectivity index (χ0v) is 12.5. The first kappa shape index (κ1) is 14.3. The van der Waals surface area contributed by atoms with Gasteiger partial charge in [0.2, 0.25) is 0 Å². The summed E-state index contributed by atoms with van der Waals surface area (Å²) in [6, 6.07) is -0.165. The number of imide groups is 1. The Labute approximate surface area is 114 Å². The fourth-order valence-corrected chi connectivity index (χ4v) is 2.76. The molecule has 19 heavy (non-hydrogen) atoms. The lowest BCUT2D eigenvalue weighted by Crippen LogP contribution is -2.52. The molecule has 1 heterocycles. The molecule has 0 aromatic carbocycles. The molecule has 1 aliphatic heterocycles. The number of hydrogen-bond donors (Lipinski definition) is 0. The largest absolute Gasteiger partial charge is 0.329 e. The summed E-state index contributed by atoms with van der Waals surface area (Å²) in [4.78, 5) is 32.1. The number of carbonyl (C=O) groups excluding carboxylic acids is 2. The van der Waals surface area contributed by atoms with Gasteiger partial charge in [-0.15, -0.1) is 0 Å². The maximum atomic E-state index is 12.7. The topological polar surface area (TPSA) is 47.1 Å². The monoisotopic (exact) mass is 268 g/mol. The summed E-state index contributed by atoms with van der Waals surface area (Å²) in [5.41, 5.74) is -0.655. The number of nitrogens with zero attached hydrogens (tertiary/aromatic N) is 4. The van der Waals surface area contributed by atoms with Gasteiger partial charge in [0.1, 0.15) is 5.54 Å². The van der Waals surface area contributed by atoms with Crippen molar-refractivity contribution in [3.8, 4) is 0 Å². The lowest BCUT2D eigenvalue weighted by molar-refractivity contribution is -0.135. The Morgan fingerprint density at radius 2 is 1.63 bits per heavy atom. The predicted molar refractivity (Wildman–Crippen MR) is 72.3 cm³/mol. The van der Waals surface area contributed by atoms with E-state index in [9.17, 15) is 9.59 Å². The maximum Gasteiger partial charge on any atom is 0.329 e. The van der Waals surface area contributed by atoms with Crippen LogP contribution in [-0.4, -0.2) is 78.6 Å². The Bertz CT molecular complexity index is 392. The van der Waals surface area contributed by atoms with E-state index in [1.54, 1.807) is 4.90 Å². The Kier molecular flexibility index (Phi) is 3.57. The highest BCUT2D eigenvalue weighted by Gasteiger charge is 2.60. The molecule has 2 aliphatic rings. The lowest BCUT2D eigenvalue weighted by atomic mass is 9.94. The van der Waals surface area contributed by atoms with Gasteiger partial charge in [0.05, 0.1) is 13.3 Å². The minimum absolute atomic E-state index is 0.0458. The smallest absolute Gasteiger partial charge is 0.297 e. The highest BCUT2D eigenvalue weighted by Crippen LogP contribution is 2.47. The van der Waals surface area contributed by atoms with Gasteiger partial charge in [-0.2, -0.15) is 0 Å². The molecule has 6 heteroatoms. The van der Waals surface area contributed by atoms with Gasteiger partial charge in [-0.1, -0.05) is 0 Å². The van der Waals surface area contributed by atoms with E-state index >= 15 is 0 Å². The first-order chi connectivity index (χ1) is 8.78. The molecule has 2 rings (SSSR count). The summed E-state index contributed by atoms with van der Waals surface area (Å²) in [6.45, 7) is 2.76. The molecule has 1 unspecified atom stereocenters. The molecule has 1 saturated heterocycles. The molecular weight excluding hydrogens is 244 g/mol. The van der Waals surface area contributed by atoms with Crippen molar-refractivity contribution in [3.63, 3.8) is 0 Å². The molecule has 0 bridgehead atoms. The van der Waals surface area contributed by atoms with Crippen LogP contribution in [0.3, 0.4) is 0 Å². The van der Waals surface area contributed by atoms with Gasteiger partial charge >= 0.3 is 6.03 Å². The van der Waals surface area contributed by atoms with Gasteiger partial charge in [-0.05, 0) is 53.9 Å². The van der Waals surface area contributed by atoms with Crippen LogP contribution in [0.15, 0.2) is 0 Å². The standard InChI is InChI=1S/C13H24N4O2/c1-13(10-6-7-10)11(18)16(8-14(2)3)12(19)17(13)9-15(4)5/h10H,6-9H2,1-5H3. The third-order valence-corrected chi connectivity index (χ3v) is 3.92. The fraction of sp³-hybridized carbons (Fsp3) is 0.846. The minimum Gasteiger partial charge on any atom is -0.297 e. The van der Waals surface area contributed by atoms with Crippen LogP contribution in [-0.2, 0) is 4.79 Å². The van der Waals surface area contributed by atoms with Crippen LogP contribution in [0.25, 0.3) is 0 Å². The van der Waals surface area contributed by atoms with E-state index in [4.69, 9.17) is 0 Å². The molecule has 1 aliphatic carbocycles. The molecule has 2 fully saturated rings. The van der Waals surface area contributed by atoms with Gasteiger partial charge < -0.3 is 0 Å². The molecule has 3 amide bonds. The van der Waals surface area contributed by atoms with E-state index < -0.39 is 5.54 Å². The van der Waals surface area contributed by atoms with Gasteiger partial charge in [0, 0.05) is 0 Å². The van der Waals surface area contributed by atoms with Gasteiger partial charge in [0.15, 0.2) is 0 Å². The molecule has 0 N–H and O–H groups in total. The summed E-state index contributed by atoms with van der Waals surface area (Å²) in [6.07, 6.45) is 2.07.